The van der Waals surface area contributed by atoms with Crippen LogP contribution in [0.1, 0.15) is 27.2 Å². The number of benzene rings is 1. The molecular formula is C16H19NO5. The van der Waals surface area contributed by atoms with Crippen LogP contribution in [0, 0.1) is 0 Å². The number of aromatic hydroxyl groups is 1. The van der Waals surface area contributed by atoms with Crippen LogP contribution < -0.4 is 10.3 Å². The van der Waals surface area contributed by atoms with Gasteiger partial charge in [-0.25, -0.2) is 0 Å². The Hall–Kier alpha value is -2.50. The molecule has 118 valence electrons. The number of carbonyl (C=O) groups is 1. The Labute approximate surface area is 127 Å². The number of ketones is 1. The van der Waals surface area contributed by atoms with Crippen LogP contribution in [-0.4, -0.2) is 22.7 Å². The van der Waals surface area contributed by atoms with E-state index in [2.05, 4.69) is 0 Å². The maximum atomic E-state index is 12.5. The van der Waals surface area contributed by atoms with E-state index in [1.807, 2.05) is 0 Å². The van der Waals surface area contributed by atoms with E-state index in [-0.39, 0.29) is 17.8 Å². The van der Waals surface area contributed by atoms with Gasteiger partial charge in [-0.15, -0.1) is 0 Å². The van der Waals surface area contributed by atoms with Gasteiger partial charge in [0.2, 0.25) is 0 Å². The Morgan fingerprint density at radius 2 is 1.91 bits per heavy atom. The number of carbonyl (C=O) groups excluding carboxylic acids is 1. The SMILES string of the molecule is COc1ccc(-c2c(O)on(C(C)(C)CC(C)=O)c2=O)cc1. The van der Waals surface area contributed by atoms with E-state index in [4.69, 9.17) is 9.26 Å². The predicted octanol–water partition coefficient (Wildman–Crippen LogP) is 2.54. The summed E-state index contributed by atoms with van der Waals surface area (Å²) < 4.78 is 11.3. The number of hydrogen-bond donors (Lipinski definition) is 1. The Morgan fingerprint density at radius 3 is 2.41 bits per heavy atom. The molecule has 0 aliphatic rings. The Balaban J connectivity index is 2.51. The Bertz CT molecular complexity index is 737. The number of ether oxygens (including phenoxy) is 1. The van der Waals surface area contributed by atoms with Gasteiger partial charge in [0.15, 0.2) is 0 Å². The standard InChI is InChI=1S/C16H19NO5/c1-10(18)9-16(2,3)17-14(19)13(15(20)22-17)11-5-7-12(21-4)8-6-11/h5-8,20H,9H2,1-4H3. The van der Waals surface area contributed by atoms with Gasteiger partial charge >= 0.3 is 5.95 Å². The van der Waals surface area contributed by atoms with E-state index >= 15 is 0 Å². The summed E-state index contributed by atoms with van der Waals surface area (Å²) in [6.45, 7) is 4.85. The molecule has 1 heterocycles. The van der Waals surface area contributed by atoms with Gasteiger partial charge in [-0.1, -0.05) is 12.1 Å². The first-order valence-corrected chi connectivity index (χ1v) is 6.86. The molecule has 0 amide bonds. The van der Waals surface area contributed by atoms with E-state index in [1.165, 1.54) is 6.92 Å². The van der Waals surface area contributed by atoms with Gasteiger partial charge in [-0.2, -0.15) is 4.74 Å². The highest BCUT2D eigenvalue weighted by Crippen LogP contribution is 2.30. The minimum absolute atomic E-state index is 0.0688. The molecule has 0 aliphatic heterocycles. The number of nitrogens with zero attached hydrogens (tertiary/aromatic N) is 1. The van der Waals surface area contributed by atoms with Crippen LogP contribution in [0.5, 0.6) is 11.7 Å². The van der Waals surface area contributed by atoms with Gasteiger partial charge in [0.25, 0.3) is 5.56 Å². The lowest BCUT2D eigenvalue weighted by Crippen LogP contribution is -2.35. The van der Waals surface area contributed by atoms with Crippen molar-refractivity contribution in [1.82, 2.24) is 4.74 Å². The fourth-order valence-corrected chi connectivity index (χ4v) is 2.45. The van der Waals surface area contributed by atoms with Crippen molar-refractivity contribution in [2.45, 2.75) is 32.7 Å². The minimum atomic E-state index is -0.856. The summed E-state index contributed by atoms with van der Waals surface area (Å²) in [5.74, 6) is 0.106. The van der Waals surface area contributed by atoms with E-state index in [9.17, 15) is 14.7 Å². The minimum Gasteiger partial charge on any atom is -0.497 e. The zero-order chi connectivity index (χ0) is 16.5. The molecule has 0 aliphatic carbocycles. The highest BCUT2D eigenvalue weighted by atomic mass is 16.6. The molecule has 0 spiro atoms. The molecule has 2 aromatic rings. The summed E-state index contributed by atoms with van der Waals surface area (Å²) in [6.07, 6.45) is 0.127. The highest BCUT2D eigenvalue weighted by molar-refractivity contribution is 5.76. The summed E-state index contributed by atoms with van der Waals surface area (Å²) in [7, 11) is 1.54. The molecule has 1 N–H and O–H groups in total. The monoisotopic (exact) mass is 305 g/mol. The normalized spacial score (nSPS) is 11.5. The van der Waals surface area contributed by atoms with Gasteiger partial charge in [0.05, 0.1) is 12.6 Å². The van der Waals surface area contributed by atoms with Gasteiger partial charge < -0.3 is 14.4 Å². The molecule has 0 saturated carbocycles. The lowest BCUT2D eigenvalue weighted by molar-refractivity contribution is -0.119. The molecular weight excluding hydrogens is 286 g/mol. The first kappa shape index (κ1) is 15.9. The average molecular weight is 305 g/mol. The third-order valence-corrected chi connectivity index (χ3v) is 3.40. The van der Waals surface area contributed by atoms with Crippen molar-refractivity contribution in [2.75, 3.05) is 7.11 Å². The number of methoxy groups -OCH3 is 1. The molecule has 0 atom stereocenters. The highest BCUT2D eigenvalue weighted by Gasteiger charge is 2.30. The van der Waals surface area contributed by atoms with Crippen molar-refractivity contribution in [3.05, 3.63) is 34.6 Å². The maximum Gasteiger partial charge on any atom is 0.318 e. The molecule has 1 aromatic heterocycles. The van der Waals surface area contributed by atoms with Crippen molar-refractivity contribution in [1.29, 1.82) is 0 Å². The van der Waals surface area contributed by atoms with E-state index in [0.717, 1.165) is 4.74 Å². The molecule has 6 nitrogen and oxygen atoms in total. The smallest absolute Gasteiger partial charge is 0.318 e. The molecule has 0 unspecified atom stereocenters. The topological polar surface area (TPSA) is 81.7 Å². The second kappa shape index (κ2) is 5.71. The number of Topliss-reactive ketones (excluding diaryl/α,β-unsaturated/α-hetero) is 1. The van der Waals surface area contributed by atoms with Gasteiger partial charge in [0, 0.05) is 6.42 Å². The zero-order valence-electron chi connectivity index (χ0n) is 13.0. The van der Waals surface area contributed by atoms with Crippen molar-refractivity contribution in [3.8, 4) is 22.8 Å². The van der Waals surface area contributed by atoms with Crippen molar-refractivity contribution < 1.29 is 19.2 Å². The number of aromatic nitrogens is 1. The lowest BCUT2D eigenvalue weighted by Gasteiger charge is -2.21. The molecule has 0 bridgehead atoms. The van der Waals surface area contributed by atoms with Crippen LogP contribution >= 0.6 is 0 Å². The van der Waals surface area contributed by atoms with Crippen LogP contribution in [0.15, 0.2) is 33.6 Å². The quantitative estimate of drug-likeness (QED) is 0.918. The predicted molar refractivity (Wildman–Crippen MR) is 81.2 cm³/mol. The molecule has 0 saturated heterocycles. The van der Waals surface area contributed by atoms with E-state index < -0.39 is 17.0 Å². The van der Waals surface area contributed by atoms with Gasteiger partial charge in [0.1, 0.15) is 17.1 Å². The average Bonchev–Trinajstić information content (AvgIpc) is 2.74. The first-order chi connectivity index (χ1) is 10.3. The summed E-state index contributed by atoms with van der Waals surface area (Å²) in [5, 5.41) is 9.99. The van der Waals surface area contributed by atoms with Crippen molar-refractivity contribution in [2.24, 2.45) is 0 Å². The van der Waals surface area contributed by atoms with Crippen LogP contribution in [0.3, 0.4) is 0 Å². The summed E-state index contributed by atoms with van der Waals surface area (Å²) >= 11 is 0. The molecule has 22 heavy (non-hydrogen) atoms. The fraction of sp³-hybridized carbons (Fsp3) is 0.375. The maximum absolute atomic E-state index is 12.5. The number of hydrogen-bond acceptors (Lipinski definition) is 5. The summed E-state index contributed by atoms with van der Waals surface area (Å²) in [6, 6.07) is 6.69. The van der Waals surface area contributed by atoms with Gasteiger partial charge in [-0.05, 0) is 38.5 Å². The first-order valence-electron chi connectivity index (χ1n) is 6.86. The number of rotatable bonds is 5. The molecule has 2 rings (SSSR count). The van der Waals surface area contributed by atoms with Crippen LogP contribution in [0.2, 0.25) is 0 Å². The molecule has 6 heteroatoms. The molecule has 0 radical (unpaired) electrons. The Morgan fingerprint density at radius 1 is 1.32 bits per heavy atom. The fourth-order valence-electron chi connectivity index (χ4n) is 2.45. The largest absolute Gasteiger partial charge is 0.497 e. The van der Waals surface area contributed by atoms with Crippen LogP contribution in [0.25, 0.3) is 11.1 Å². The van der Waals surface area contributed by atoms with E-state index in [1.54, 1.807) is 45.2 Å². The second-order valence-electron chi connectivity index (χ2n) is 5.79. The third kappa shape index (κ3) is 2.90. The summed E-state index contributed by atoms with van der Waals surface area (Å²) in [4.78, 5) is 23.9. The lowest BCUT2D eigenvalue weighted by atomic mass is 9.98. The summed E-state index contributed by atoms with van der Waals surface area (Å²) in [5.41, 5.74) is -0.747. The van der Waals surface area contributed by atoms with Crippen molar-refractivity contribution in [3.63, 3.8) is 0 Å². The van der Waals surface area contributed by atoms with E-state index in [0.29, 0.717) is 11.3 Å². The third-order valence-electron chi connectivity index (χ3n) is 3.40. The second-order valence-corrected chi connectivity index (χ2v) is 5.79. The van der Waals surface area contributed by atoms with Crippen LogP contribution in [0.4, 0.5) is 0 Å². The zero-order valence-corrected chi connectivity index (χ0v) is 13.0. The molecule has 0 fully saturated rings. The Kier molecular flexibility index (Phi) is 4.12. The van der Waals surface area contributed by atoms with Crippen LogP contribution in [-0.2, 0) is 10.3 Å². The van der Waals surface area contributed by atoms with Crippen molar-refractivity contribution >= 4 is 5.78 Å². The molecule has 1 aromatic carbocycles. The van der Waals surface area contributed by atoms with Gasteiger partial charge in [-0.3, -0.25) is 9.59 Å².